The molecule has 0 amide bonds. The molecule has 58 heavy (non-hydrogen) atoms. The molecule has 0 unspecified atom stereocenters. The number of para-hydroxylation sites is 3. The largest absolute Gasteiger partial charge is 0.310 e. The third-order valence-electron chi connectivity index (χ3n) is 11.6. The summed E-state index contributed by atoms with van der Waals surface area (Å²) in [5.74, 6) is 0. The molecule has 2 nitrogen and oxygen atoms in total. The fraction of sp³-hybridized carbons (Fsp3) is 0. The van der Waals surface area contributed by atoms with Crippen LogP contribution in [0.25, 0.3) is 82.4 Å². The Bertz CT molecular complexity index is 3240. The molecule has 272 valence electrons. The van der Waals surface area contributed by atoms with E-state index in [1.807, 2.05) is 0 Å². The summed E-state index contributed by atoms with van der Waals surface area (Å²) < 4.78 is 2.37. The van der Waals surface area contributed by atoms with E-state index in [1.54, 1.807) is 0 Å². The fourth-order valence-corrected chi connectivity index (χ4v) is 8.97. The third-order valence-corrected chi connectivity index (χ3v) is 11.6. The van der Waals surface area contributed by atoms with Crippen LogP contribution < -0.4 is 4.90 Å². The van der Waals surface area contributed by atoms with Gasteiger partial charge in [-0.25, -0.2) is 0 Å². The van der Waals surface area contributed by atoms with Crippen molar-refractivity contribution in [1.29, 1.82) is 0 Å². The topological polar surface area (TPSA) is 8.17 Å². The monoisotopic (exact) mass is 738 g/mol. The van der Waals surface area contributed by atoms with Crippen LogP contribution >= 0.6 is 0 Å². The van der Waals surface area contributed by atoms with Gasteiger partial charge in [0.1, 0.15) is 0 Å². The van der Waals surface area contributed by atoms with Crippen LogP contribution in [0.5, 0.6) is 0 Å². The van der Waals surface area contributed by atoms with E-state index < -0.39 is 0 Å². The van der Waals surface area contributed by atoms with E-state index in [9.17, 15) is 0 Å². The highest BCUT2D eigenvalue weighted by molar-refractivity contribution is 6.22. The summed E-state index contributed by atoms with van der Waals surface area (Å²) in [7, 11) is 0. The third kappa shape index (κ3) is 5.66. The maximum atomic E-state index is 2.40. The lowest BCUT2D eigenvalue weighted by molar-refractivity contribution is 1.18. The van der Waals surface area contributed by atoms with Crippen molar-refractivity contribution in [2.24, 2.45) is 0 Å². The van der Waals surface area contributed by atoms with Crippen molar-refractivity contribution in [3.05, 3.63) is 231 Å². The number of hydrogen-bond acceptors (Lipinski definition) is 1. The maximum absolute atomic E-state index is 2.40. The van der Waals surface area contributed by atoms with E-state index in [-0.39, 0.29) is 0 Å². The summed E-state index contributed by atoms with van der Waals surface area (Å²) in [5.41, 5.74) is 14.2. The van der Waals surface area contributed by atoms with Crippen molar-refractivity contribution in [2.75, 3.05) is 4.90 Å². The number of aromatic nitrogens is 1. The van der Waals surface area contributed by atoms with E-state index in [4.69, 9.17) is 0 Å². The molecule has 0 aliphatic carbocycles. The summed E-state index contributed by atoms with van der Waals surface area (Å²) in [6, 6.07) is 83.6. The first-order valence-electron chi connectivity index (χ1n) is 19.9. The summed E-state index contributed by atoms with van der Waals surface area (Å²) in [6.07, 6.45) is 0. The molecule has 0 N–H and O–H groups in total. The van der Waals surface area contributed by atoms with Crippen LogP contribution in [0.15, 0.2) is 231 Å². The average molecular weight is 739 g/mol. The van der Waals surface area contributed by atoms with Crippen LogP contribution in [0.4, 0.5) is 17.1 Å². The molecule has 0 saturated heterocycles. The van der Waals surface area contributed by atoms with Crippen LogP contribution in [0.2, 0.25) is 0 Å². The van der Waals surface area contributed by atoms with Gasteiger partial charge in [-0.05, 0) is 122 Å². The SMILES string of the molecule is c1ccc(-c2c3ccccc3c(-c3ccccc3)c3cc(-c4ccc(N(c5ccccc5)c5ccc6c(c5)c5ccccc5n6-c5ccccc5)cc4)ccc23)cc1. The molecule has 0 bridgehead atoms. The second-order valence-corrected chi connectivity index (χ2v) is 14.9. The maximum Gasteiger partial charge on any atom is 0.0542 e. The highest BCUT2D eigenvalue weighted by Crippen LogP contribution is 2.45. The Morgan fingerprint density at radius 3 is 1.38 bits per heavy atom. The molecule has 0 aliphatic heterocycles. The van der Waals surface area contributed by atoms with Crippen molar-refractivity contribution in [2.45, 2.75) is 0 Å². The Labute approximate surface area is 338 Å². The molecular formula is C56H38N2. The van der Waals surface area contributed by atoms with E-state index in [2.05, 4.69) is 240 Å². The smallest absolute Gasteiger partial charge is 0.0542 e. The van der Waals surface area contributed by atoms with E-state index in [0.29, 0.717) is 0 Å². The molecule has 2 heteroatoms. The molecule has 0 saturated carbocycles. The Kier molecular flexibility index (Phi) is 8.19. The first kappa shape index (κ1) is 33.6. The second kappa shape index (κ2) is 14.1. The zero-order valence-corrected chi connectivity index (χ0v) is 31.8. The molecule has 0 spiro atoms. The van der Waals surface area contributed by atoms with Gasteiger partial charge in [-0.2, -0.15) is 0 Å². The normalized spacial score (nSPS) is 11.4. The lowest BCUT2D eigenvalue weighted by Gasteiger charge is -2.26. The van der Waals surface area contributed by atoms with Gasteiger partial charge in [-0.3, -0.25) is 0 Å². The van der Waals surface area contributed by atoms with Crippen molar-refractivity contribution in [1.82, 2.24) is 4.57 Å². The highest BCUT2D eigenvalue weighted by atomic mass is 15.1. The van der Waals surface area contributed by atoms with Crippen LogP contribution in [0.1, 0.15) is 0 Å². The summed E-state index contributed by atoms with van der Waals surface area (Å²) in [6.45, 7) is 0. The molecule has 11 aromatic rings. The molecule has 0 aliphatic rings. The zero-order chi connectivity index (χ0) is 38.4. The molecule has 0 radical (unpaired) electrons. The number of hydrogen-bond donors (Lipinski definition) is 0. The molecule has 10 aromatic carbocycles. The average Bonchev–Trinajstić information content (AvgIpc) is 3.63. The minimum Gasteiger partial charge on any atom is -0.310 e. The first-order valence-corrected chi connectivity index (χ1v) is 19.9. The van der Waals surface area contributed by atoms with Gasteiger partial charge in [0.15, 0.2) is 0 Å². The minimum atomic E-state index is 1.10. The molecular weight excluding hydrogens is 701 g/mol. The van der Waals surface area contributed by atoms with Crippen molar-refractivity contribution in [3.8, 4) is 39.1 Å². The number of fused-ring (bicyclic) bond motifs is 5. The number of anilines is 3. The van der Waals surface area contributed by atoms with Gasteiger partial charge in [0.2, 0.25) is 0 Å². The van der Waals surface area contributed by atoms with Gasteiger partial charge in [-0.1, -0.05) is 164 Å². The standard InChI is InChI=1S/C56H38N2/c1-5-17-40(18-6-1)55-48-26-13-14-27-49(48)56(41-19-7-2-8-20-41)52-37-42(31-35-50(52)55)39-29-32-45(33-30-39)57(43-21-9-3-10-22-43)46-34-36-54-51(38-46)47-25-15-16-28-53(47)58(54)44-23-11-4-12-24-44/h1-38H. The first-order chi connectivity index (χ1) is 28.8. The van der Waals surface area contributed by atoms with Gasteiger partial charge in [0.05, 0.1) is 11.0 Å². The number of rotatable bonds is 7. The predicted molar refractivity (Wildman–Crippen MR) is 247 cm³/mol. The minimum absolute atomic E-state index is 1.10. The summed E-state index contributed by atoms with van der Waals surface area (Å²) >= 11 is 0. The Balaban J connectivity index is 1.06. The Hall–Kier alpha value is -7.68. The lowest BCUT2D eigenvalue weighted by atomic mass is 9.85. The van der Waals surface area contributed by atoms with Gasteiger partial charge in [0.25, 0.3) is 0 Å². The van der Waals surface area contributed by atoms with Crippen LogP contribution in [0.3, 0.4) is 0 Å². The molecule has 0 atom stereocenters. The van der Waals surface area contributed by atoms with Crippen LogP contribution in [-0.4, -0.2) is 4.57 Å². The molecule has 1 heterocycles. The summed E-state index contributed by atoms with van der Waals surface area (Å²) in [5, 5.41) is 7.49. The molecule has 1 aromatic heterocycles. The predicted octanol–water partition coefficient (Wildman–Crippen LogP) is 15.6. The van der Waals surface area contributed by atoms with E-state index in [1.165, 1.54) is 76.7 Å². The van der Waals surface area contributed by atoms with E-state index in [0.717, 1.165) is 22.7 Å². The Morgan fingerprint density at radius 2 is 0.724 bits per heavy atom. The molecule has 0 fully saturated rings. The van der Waals surface area contributed by atoms with Crippen molar-refractivity contribution >= 4 is 60.4 Å². The van der Waals surface area contributed by atoms with Gasteiger partial charge < -0.3 is 9.47 Å². The number of nitrogens with zero attached hydrogens (tertiary/aromatic N) is 2. The van der Waals surface area contributed by atoms with Gasteiger partial charge in [0, 0.05) is 33.5 Å². The number of benzene rings is 10. The summed E-state index contributed by atoms with van der Waals surface area (Å²) in [4.78, 5) is 2.37. The lowest BCUT2D eigenvalue weighted by Crippen LogP contribution is -2.09. The zero-order valence-electron chi connectivity index (χ0n) is 31.8. The van der Waals surface area contributed by atoms with Crippen molar-refractivity contribution < 1.29 is 0 Å². The van der Waals surface area contributed by atoms with Crippen LogP contribution in [0, 0.1) is 0 Å². The second-order valence-electron chi connectivity index (χ2n) is 14.9. The van der Waals surface area contributed by atoms with Crippen molar-refractivity contribution in [3.63, 3.8) is 0 Å². The van der Waals surface area contributed by atoms with Crippen LogP contribution in [-0.2, 0) is 0 Å². The highest BCUT2D eigenvalue weighted by Gasteiger charge is 2.19. The van der Waals surface area contributed by atoms with Gasteiger partial charge in [-0.15, -0.1) is 0 Å². The Morgan fingerprint density at radius 1 is 0.259 bits per heavy atom. The quantitative estimate of drug-likeness (QED) is 0.148. The molecule has 11 rings (SSSR count). The van der Waals surface area contributed by atoms with E-state index >= 15 is 0 Å². The van der Waals surface area contributed by atoms with Gasteiger partial charge >= 0.3 is 0 Å². The fourth-order valence-electron chi connectivity index (χ4n) is 8.97.